The third-order valence-electron chi connectivity index (χ3n) is 3.11. The molecule has 0 aromatic heterocycles. The molecule has 1 aliphatic rings. The molecule has 0 aliphatic carbocycles. The van der Waals surface area contributed by atoms with Crippen LogP contribution in [0.5, 0.6) is 0 Å². The molecule has 0 N–H and O–H groups in total. The number of nitrogens with zero attached hydrogens (tertiary/aromatic N) is 1. The maximum atomic E-state index is 2.59. The van der Waals surface area contributed by atoms with E-state index in [0.29, 0.717) is 5.41 Å². The van der Waals surface area contributed by atoms with Crippen LogP contribution >= 0.6 is 0 Å². The molecule has 0 spiro atoms. The van der Waals surface area contributed by atoms with Gasteiger partial charge in [-0.2, -0.15) is 0 Å². The molecular weight excluding hydrogens is 158 g/mol. The minimum Gasteiger partial charge on any atom is -0.303 e. The zero-order valence-corrected chi connectivity index (χ0v) is 9.93. The number of hydrogen-bond donors (Lipinski definition) is 0. The molecule has 1 saturated heterocycles. The molecule has 1 heteroatoms. The molecule has 1 nitrogen and oxygen atoms in total. The molecule has 0 amide bonds. The number of likely N-dealkylation sites (tertiary alicyclic amines) is 1. The predicted molar refractivity (Wildman–Crippen MR) is 58.8 cm³/mol. The topological polar surface area (TPSA) is 3.24 Å². The maximum absolute atomic E-state index is 2.59. The lowest BCUT2D eigenvalue weighted by Crippen LogP contribution is -2.49. The van der Waals surface area contributed by atoms with E-state index in [9.17, 15) is 0 Å². The van der Waals surface area contributed by atoms with Gasteiger partial charge in [0.25, 0.3) is 0 Å². The highest BCUT2D eigenvalue weighted by molar-refractivity contribution is 4.82. The Morgan fingerprint density at radius 3 is 2.15 bits per heavy atom. The molecule has 0 radical (unpaired) electrons. The Kier molecular flexibility index (Phi) is 3.39. The van der Waals surface area contributed by atoms with Gasteiger partial charge < -0.3 is 4.90 Å². The van der Waals surface area contributed by atoms with Crippen molar-refractivity contribution in [1.82, 2.24) is 4.90 Å². The van der Waals surface area contributed by atoms with E-state index in [4.69, 9.17) is 0 Å². The molecular formula is C12H25N. The normalized spacial score (nSPS) is 20.8. The smallest absolute Gasteiger partial charge is 0.00245 e. The van der Waals surface area contributed by atoms with E-state index in [2.05, 4.69) is 39.5 Å². The first kappa shape index (κ1) is 11.0. The van der Waals surface area contributed by atoms with Crippen molar-refractivity contribution in [3.63, 3.8) is 0 Å². The van der Waals surface area contributed by atoms with Gasteiger partial charge in [-0.05, 0) is 30.2 Å². The van der Waals surface area contributed by atoms with Gasteiger partial charge in [-0.25, -0.2) is 0 Å². The summed E-state index contributed by atoms with van der Waals surface area (Å²) in [4.78, 5) is 2.59. The summed E-state index contributed by atoms with van der Waals surface area (Å²) >= 11 is 0. The summed E-state index contributed by atoms with van der Waals surface area (Å²) in [6.45, 7) is 15.6. The van der Waals surface area contributed by atoms with Crippen molar-refractivity contribution in [3.8, 4) is 0 Å². The van der Waals surface area contributed by atoms with Gasteiger partial charge in [0, 0.05) is 13.1 Å². The maximum Gasteiger partial charge on any atom is 0.00245 e. The van der Waals surface area contributed by atoms with Crippen LogP contribution in [0.4, 0.5) is 0 Å². The molecule has 1 rings (SSSR count). The van der Waals surface area contributed by atoms with E-state index >= 15 is 0 Å². The van der Waals surface area contributed by atoms with E-state index in [1.54, 1.807) is 0 Å². The van der Waals surface area contributed by atoms with Gasteiger partial charge in [-0.15, -0.1) is 0 Å². The van der Waals surface area contributed by atoms with E-state index in [1.165, 1.54) is 26.1 Å². The second-order valence-corrected chi connectivity index (χ2v) is 6.07. The van der Waals surface area contributed by atoms with Crippen molar-refractivity contribution in [2.24, 2.45) is 17.3 Å². The van der Waals surface area contributed by atoms with Crippen molar-refractivity contribution in [2.75, 3.05) is 19.6 Å². The van der Waals surface area contributed by atoms with Crippen LogP contribution < -0.4 is 0 Å². The van der Waals surface area contributed by atoms with Crippen molar-refractivity contribution < 1.29 is 0 Å². The molecule has 1 fully saturated rings. The van der Waals surface area contributed by atoms with Gasteiger partial charge in [0.15, 0.2) is 0 Å². The average molecular weight is 183 g/mol. The Balaban J connectivity index is 2.09. The molecule has 0 bridgehead atoms. The molecule has 0 aromatic rings. The molecule has 1 aliphatic heterocycles. The highest BCUT2D eigenvalue weighted by atomic mass is 15.2. The third kappa shape index (κ3) is 3.68. The van der Waals surface area contributed by atoms with Crippen molar-refractivity contribution in [3.05, 3.63) is 0 Å². The summed E-state index contributed by atoms with van der Waals surface area (Å²) in [5.41, 5.74) is 0.503. The summed E-state index contributed by atoms with van der Waals surface area (Å²) in [7, 11) is 0. The predicted octanol–water partition coefficient (Wildman–Crippen LogP) is 3.01. The lowest BCUT2D eigenvalue weighted by molar-refractivity contribution is 0.0585. The Morgan fingerprint density at radius 2 is 1.77 bits per heavy atom. The van der Waals surface area contributed by atoms with Crippen LogP contribution in [-0.2, 0) is 0 Å². The average Bonchev–Trinajstić information content (AvgIpc) is 1.79. The van der Waals surface area contributed by atoms with Gasteiger partial charge in [-0.3, -0.25) is 0 Å². The lowest BCUT2D eigenvalue weighted by Gasteiger charge is -2.42. The first-order chi connectivity index (χ1) is 5.88. The fourth-order valence-electron chi connectivity index (χ4n) is 1.71. The van der Waals surface area contributed by atoms with Crippen molar-refractivity contribution in [2.45, 2.75) is 41.0 Å². The second kappa shape index (κ2) is 4.00. The summed E-state index contributed by atoms with van der Waals surface area (Å²) in [6, 6.07) is 0. The second-order valence-electron chi connectivity index (χ2n) is 6.07. The van der Waals surface area contributed by atoms with E-state index < -0.39 is 0 Å². The largest absolute Gasteiger partial charge is 0.303 e. The van der Waals surface area contributed by atoms with Gasteiger partial charge in [-0.1, -0.05) is 34.6 Å². The van der Waals surface area contributed by atoms with Crippen LogP contribution in [0.15, 0.2) is 0 Å². The molecule has 0 atom stereocenters. The molecule has 0 saturated carbocycles. The lowest BCUT2D eigenvalue weighted by atomic mass is 9.86. The van der Waals surface area contributed by atoms with Crippen LogP contribution in [-0.4, -0.2) is 24.5 Å². The highest BCUT2D eigenvalue weighted by Gasteiger charge is 2.29. The molecule has 1 heterocycles. The Hall–Kier alpha value is -0.0400. The van der Waals surface area contributed by atoms with Crippen LogP contribution in [0.2, 0.25) is 0 Å². The Morgan fingerprint density at radius 1 is 1.23 bits per heavy atom. The van der Waals surface area contributed by atoms with Gasteiger partial charge in [0.05, 0.1) is 0 Å². The van der Waals surface area contributed by atoms with Crippen molar-refractivity contribution in [1.29, 1.82) is 0 Å². The van der Waals surface area contributed by atoms with E-state index in [0.717, 1.165) is 11.8 Å². The van der Waals surface area contributed by atoms with Crippen LogP contribution in [0.25, 0.3) is 0 Å². The highest BCUT2D eigenvalue weighted by Crippen LogP contribution is 2.26. The summed E-state index contributed by atoms with van der Waals surface area (Å²) in [5.74, 6) is 1.85. The van der Waals surface area contributed by atoms with Gasteiger partial charge in [0.2, 0.25) is 0 Å². The zero-order valence-electron chi connectivity index (χ0n) is 9.93. The van der Waals surface area contributed by atoms with Gasteiger partial charge in [0.1, 0.15) is 0 Å². The molecule has 0 unspecified atom stereocenters. The summed E-state index contributed by atoms with van der Waals surface area (Å²) in [5, 5.41) is 0. The molecule has 13 heavy (non-hydrogen) atoms. The standard InChI is InChI=1S/C12H25N/c1-10(2)11-8-13(9-11)7-6-12(3,4)5/h10-11H,6-9H2,1-5H3. The minimum absolute atomic E-state index is 0.503. The van der Waals surface area contributed by atoms with Crippen LogP contribution in [0, 0.1) is 17.3 Å². The molecule has 0 aromatic carbocycles. The quantitative estimate of drug-likeness (QED) is 0.650. The summed E-state index contributed by atoms with van der Waals surface area (Å²) in [6.07, 6.45) is 1.33. The van der Waals surface area contributed by atoms with Crippen molar-refractivity contribution >= 4 is 0 Å². The first-order valence-electron chi connectivity index (χ1n) is 5.61. The SMILES string of the molecule is CC(C)C1CN(CCC(C)(C)C)C1. The fourth-order valence-corrected chi connectivity index (χ4v) is 1.71. The molecule has 78 valence electrons. The summed E-state index contributed by atoms with van der Waals surface area (Å²) < 4.78 is 0. The monoisotopic (exact) mass is 183 g/mol. The van der Waals surface area contributed by atoms with Gasteiger partial charge >= 0.3 is 0 Å². The number of hydrogen-bond acceptors (Lipinski definition) is 1. The van der Waals surface area contributed by atoms with Crippen LogP contribution in [0.1, 0.15) is 41.0 Å². The number of rotatable bonds is 3. The van der Waals surface area contributed by atoms with Crippen LogP contribution in [0.3, 0.4) is 0 Å². The van der Waals surface area contributed by atoms with E-state index in [1.807, 2.05) is 0 Å². The Bertz CT molecular complexity index is 149. The Labute approximate surface area is 83.5 Å². The van der Waals surface area contributed by atoms with E-state index in [-0.39, 0.29) is 0 Å². The zero-order chi connectivity index (χ0) is 10.1. The fraction of sp³-hybridized carbons (Fsp3) is 1.00. The third-order valence-corrected chi connectivity index (χ3v) is 3.11. The minimum atomic E-state index is 0.503. The first-order valence-corrected chi connectivity index (χ1v) is 5.61.